The maximum atomic E-state index is 12.8. The minimum Gasteiger partial charge on any atom is -0.348 e. The van der Waals surface area contributed by atoms with Crippen LogP contribution in [-0.2, 0) is 20.2 Å². The summed E-state index contributed by atoms with van der Waals surface area (Å²) >= 11 is 0. The van der Waals surface area contributed by atoms with Gasteiger partial charge in [-0.05, 0) is 42.5 Å². The van der Waals surface area contributed by atoms with Gasteiger partial charge in [-0.3, -0.25) is 9.10 Å². The van der Waals surface area contributed by atoms with E-state index in [-0.39, 0.29) is 17.4 Å². The first-order chi connectivity index (χ1) is 12.9. The van der Waals surface area contributed by atoms with Gasteiger partial charge < -0.3 is 5.32 Å². The third-order valence-corrected chi connectivity index (χ3v) is 5.98. The number of nitrogens with one attached hydrogen (secondary N) is 1. The number of amides is 1. The van der Waals surface area contributed by atoms with E-state index in [0.29, 0.717) is 5.69 Å². The van der Waals surface area contributed by atoms with Crippen molar-refractivity contribution in [2.75, 3.05) is 10.6 Å². The first-order valence-corrected chi connectivity index (χ1v) is 11.2. The molecule has 0 saturated heterocycles. The maximum absolute atomic E-state index is 12.8. The van der Waals surface area contributed by atoms with Gasteiger partial charge in [0.1, 0.15) is 6.04 Å². The summed E-state index contributed by atoms with van der Waals surface area (Å²) in [5.41, 5.74) is 2.72. The predicted octanol–water partition coefficient (Wildman–Crippen LogP) is 4.02. The van der Waals surface area contributed by atoms with Gasteiger partial charge >= 0.3 is 0 Å². The summed E-state index contributed by atoms with van der Waals surface area (Å²) in [6.07, 6.45) is 1.11. The third kappa shape index (κ3) is 5.35. The lowest BCUT2D eigenvalue weighted by molar-refractivity contribution is -0.122. The molecule has 28 heavy (non-hydrogen) atoms. The van der Waals surface area contributed by atoms with Crippen LogP contribution in [0.15, 0.2) is 54.6 Å². The normalized spacial score (nSPS) is 14.2. The second kappa shape index (κ2) is 8.35. The summed E-state index contributed by atoms with van der Waals surface area (Å²) in [4.78, 5) is 12.8. The van der Waals surface area contributed by atoms with Crippen molar-refractivity contribution in [1.82, 2.24) is 5.32 Å². The lowest BCUT2D eigenvalue weighted by atomic mass is 9.86. The van der Waals surface area contributed by atoms with Crippen molar-refractivity contribution >= 4 is 21.6 Å². The minimum absolute atomic E-state index is 0.0607. The van der Waals surface area contributed by atoms with Crippen molar-refractivity contribution in [3.05, 3.63) is 65.7 Å². The number of sulfonamides is 1. The van der Waals surface area contributed by atoms with Crippen LogP contribution in [0.2, 0.25) is 0 Å². The standard InChI is InChI=1S/C22H30N2O3S/c1-16(18-12-14-19(15-13-18)22(3,4)5)23-21(25)17(2)24(28(6,26)27)20-10-8-7-9-11-20/h7-17H,1-6H3,(H,23,25)/t16-,17-/m1/s1. The van der Waals surface area contributed by atoms with Crippen LogP contribution >= 0.6 is 0 Å². The molecule has 1 amide bonds. The molecule has 0 fully saturated rings. The molecule has 0 bridgehead atoms. The molecule has 152 valence electrons. The average Bonchev–Trinajstić information content (AvgIpc) is 2.60. The van der Waals surface area contributed by atoms with Crippen molar-refractivity contribution in [2.24, 2.45) is 0 Å². The Bertz CT molecular complexity index is 901. The molecule has 2 aromatic rings. The monoisotopic (exact) mass is 402 g/mol. The quantitative estimate of drug-likeness (QED) is 0.794. The Balaban J connectivity index is 2.18. The van der Waals surface area contributed by atoms with Gasteiger partial charge in [0, 0.05) is 0 Å². The summed E-state index contributed by atoms with van der Waals surface area (Å²) in [6.45, 7) is 9.94. The summed E-state index contributed by atoms with van der Waals surface area (Å²) in [5, 5.41) is 2.93. The Morgan fingerprint density at radius 2 is 1.50 bits per heavy atom. The highest BCUT2D eigenvalue weighted by atomic mass is 32.2. The molecule has 2 rings (SSSR count). The van der Waals surface area contributed by atoms with Gasteiger partial charge in [0.25, 0.3) is 0 Å². The zero-order chi connectivity index (χ0) is 21.1. The zero-order valence-corrected chi connectivity index (χ0v) is 18.2. The number of anilines is 1. The van der Waals surface area contributed by atoms with E-state index in [4.69, 9.17) is 0 Å². The fraction of sp³-hybridized carbons (Fsp3) is 0.409. The second-order valence-corrected chi connectivity index (χ2v) is 10.0. The van der Waals surface area contributed by atoms with E-state index in [0.717, 1.165) is 16.1 Å². The predicted molar refractivity (Wildman–Crippen MR) is 115 cm³/mol. The van der Waals surface area contributed by atoms with E-state index >= 15 is 0 Å². The van der Waals surface area contributed by atoms with E-state index in [2.05, 4.69) is 38.2 Å². The molecular weight excluding hydrogens is 372 g/mol. The molecule has 2 aromatic carbocycles. The van der Waals surface area contributed by atoms with E-state index in [1.165, 1.54) is 5.56 Å². The van der Waals surface area contributed by atoms with Gasteiger partial charge in [-0.15, -0.1) is 0 Å². The Labute approximate surface area is 168 Å². The van der Waals surface area contributed by atoms with Gasteiger partial charge in [-0.1, -0.05) is 63.2 Å². The number of rotatable bonds is 6. The molecule has 0 radical (unpaired) electrons. The smallest absolute Gasteiger partial charge is 0.244 e. The number of hydrogen-bond acceptors (Lipinski definition) is 3. The number of hydrogen-bond donors (Lipinski definition) is 1. The molecular formula is C22H30N2O3S. The van der Waals surface area contributed by atoms with Crippen molar-refractivity contribution in [3.8, 4) is 0 Å². The van der Waals surface area contributed by atoms with Gasteiger partial charge in [0.05, 0.1) is 18.0 Å². The van der Waals surface area contributed by atoms with Crippen LogP contribution in [0.1, 0.15) is 51.8 Å². The van der Waals surface area contributed by atoms with E-state index in [1.807, 2.05) is 19.1 Å². The van der Waals surface area contributed by atoms with Crippen molar-refractivity contribution < 1.29 is 13.2 Å². The zero-order valence-electron chi connectivity index (χ0n) is 17.4. The van der Waals surface area contributed by atoms with Crippen LogP contribution in [0.25, 0.3) is 0 Å². The Hall–Kier alpha value is -2.34. The van der Waals surface area contributed by atoms with Crippen molar-refractivity contribution in [2.45, 2.75) is 52.1 Å². The summed E-state index contributed by atoms with van der Waals surface area (Å²) in [7, 11) is -3.61. The number of carbonyl (C=O) groups is 1. The van der Waals surface area contributed by atoms with E-state index in [9.17, 15) is 13.2 Å². The minimum atomic E-state index is -3.61. The average molecular weight is 403 g/mol. The van der Waals surface area contributed by atoms with Crippen LogP contribution in [-0.4, -0.2) is 26.6 Å². The molecule has 0 aliphatic carbocycles. The van der Waals surface area contributed by atoms with Gasteiger partial charge in [0.2, 0.25) is 15.9 Å². The van der Waals surface area contributed by atoms with Crippen LogP contribution < -0.4 is 9.62 Å². The largest absolute Gasteiger partial charge is 0.348 e. The number of nitrogens with zero attached hydrogens (tertiary/aromatic N) is 1. The summed E-state index contributed by atoms with van der Waals surface area (Å²) < 4.78 is 25.8. The summed E-state index contributed by atoms with van der Waals surface area (Å²) in [6, 6.07) is 15.7. The molecule has 1 N–H and O–H groups in total. The number of benzene rings is 2. The topological polar surface area (TPSA) is 66.5 Å². The molecule has 0 heterocycles. The van der Waals surface area contributed by atoms with E-state index < -0.39 is 16.1 Å². The van der Waals surface area contributed by atoms with E-state index in [1.54, 1.807) is 37.3 Å². The molecule has 6 heteroatoms. The van der Waals surface area contributed by atoms with Gasteiger partial charge in [-0.2, -0.15) is 0 Å². The molecule has 2 atom stereocenters. The van der Waals surface area contributed by atoms with Crippen LogP contribution in [0.3, 0.4) is 0 Å². The lowest BCUT2D eigenvalue weighted by Crippen LogP contribution is -2.48. The number of para-hydroxylation sites is 1. The van der Waals surface area contributed by atoms with Gasteiger partial charge in [0.15, 0.2) is 0 Å². The fourth-order valence-electron chi connectivity index (χ4n) is 3.07. The molecule has 0 aliphatic heterocycles. The lowest BCUT2D eigenvalue weighted by Gasteiger charge is -2.29. The molecule has 5 nitrogen and oxygen atoms in total. The number of carbonyl (C=O) groups excluding carboxylic acids is 1. The second-order valence-electron chi connectivity index (χ2n) is 8.17. The third-order valence-electron chi connectivity index (χ3n) is 4.73. The Morgan fingerprint density at radius 1 is 0.964 bits per heavy atom. The molecule has 0 aliphatic rings. The van der Waals surface area contributed by atoms with Crippen LogP contribution in [0.5, 0.6) is 0 Å². The first kappa shape index (κ1) is 22.0. The Kier molecular flexibility index (Phi) is 6.55. The highest BCUT2D eigenvalue weighted by molar-refractivity contribution is 7.92. The maximum Gasteiger partial charge on any atom is 0.244 e. The SMILES string of the molecule is C[C@H](C(=O)N[C@H](C)c1ccc(C(C)(C)C)cc1)N(c1ccccc1)S(C)(=O)=O. The molecule has 0 unspecified atom stereocenters. The summed E-state index contributed by atoms with van der Waals surface area (Å²) in [5.74, 6) is -0.346. The van der Waals surface area contributed by atoms with Crippen LogP contribution in [0, 0.1) is 0 Å². The van der Waals surface area contributed by atoms with Crippen molar-refractivity contribution in [3.63, 3.8) is 0 Å². The first-order valence-electron chi connectivity index (χ1n) is 9.36. The van der Waals surface area contributed by atoms with Crippen LogP contribution in [0.4, 0.5) is 5.69 Å². The molecule has 0 saturated carbocycles. The molecule has 0 spiro atoms. The van der Waals surface area contributed by atoms with Crippen molar-refractivity contribution in [1.29, 1.82) is 0 Å². The molecule has 0 aromatic heterocycles. The fourth-order valence-corrected chi connectivity index (χ4v) is 4.25. The highest BCUT2D eigenvalue weighted by Gasteiger charge is 2.29. The highest BCUT2D eigenvalue weighted by Crippen LogP contribution is 2.24. The van der Waals surface area contributed by atoms with Gasteiger partial charge in [-0.25, -0.2) is 8.42 Å². The Morgan fingerprint density at radius 3 is 1.96 bits per heavy atom.